The molecule has 0 fully saturated rings. The number of anilines is 1. The van der Waals surface area contributed by atoms with Gasteiger partial charge >= 0.3 is 0 Å². The Bertz CT molecular complexity index is 1070. The molecule has 0 atom stereocenters. The molecule has 5 heteroatoms. The van der Waals surface area contributed by atoms with E-state index in [1.54, 1.807) is 11.3 Å². The number of nitrogens with zero attached hydrogens (tertiary/aromatic N) is 2. The lowest BCUT2D eigenvalue weighted by Crippen LogP contribution is -2.31. The van der Waals surface area contributed by atoms with Crippen molar-refractivity contribution in [3.05, 3.63) is 86.8 Å². The second-order valence-electron chi connectivity index (χ2n) is 7.17. The maximum absolute atomic E-state index is 13.0. The summed E-state index contributed by atoms with van der Waals surface area (Å²) in [7, 11) is 0. The number of aryl methyl sites for hydroxylation is 1. The highest BCUT2D eigenvalue weighted by Crippen LogP contribution is 2.44. The molecule has 1 aromatic heterocycles. The fourth-order valence-electron chi connectivity index (χ4n) is 4.02. The second-order valence-corrected chi connectivity index (χ2v) is 8.69. The number of fused-ring (bicyclic) bond motifs is 3. The van der Waals surface area contributed by atoms with E-state index in [4.69, 9.17) is 16.6 Å². The van der Waals surface area contributed by atoms with Gasteiger partial charge in [-0.15, -0.1) is 11.3 Å². The Labute approximate surface area is 173 Å². The van der Waals surface area contributed by atoms with E-state index in [0.717, 1.165) is 40.2 Å². The zero-order chi connectivity index (χ0) is 19.1. The van der Waals surface area contributed by atoms with Gasteiger partial charge in [0.25, 0.3) is 0 Å². The number of thiophene rings is 1. The fourth-order valence-corrected chi connectivity index (χ4v) is 5.55. The van der Waals surface area contributed by atoms with Crippen LogP contribution < -0.4 is 4.90 Å². The number of carbonyl (C=O) groups excluding carboxylic acids is 1. The summed E-state index contributed by atoms with van der Waals surface area (Å²) in [6.45, 7) is 0.746. The van der Waals surface area contributed by atoms with Gasteiger partial charge in [-0.3, -0.25) is 14.7 Å². The first-order valence-corrected chi connectivity index (χ1v) is 10.7. The first-order chi connectivity index (χ1) is 13.7. The molecule has 28 heavy (non-hydrogen) atoms. The summed E-state index contributed by atoms with van der Waals surface area (Å²) in [5.41, 5.74) is 5.61. The third kappa shape index (κ3) is 3.07. The first-order valence-electron chi connectivity index (χ1n) is 9.50. The predicted octanol–water partition coefficient (Wildman–Crippen LogP) is 5.27. The van der Waals surface area contributed by atoms with Gasteiger partial charge in [0.05, 0.1) is 12.3 Å². The lowest BCUT2D eigenvalue weighted by atomic mass is 9.99. The summed E-state index contributed by atoms with van der Waals surface area (Å²) in [6, 6.07) is 18.0. The zero-order valence-corrected chi connectivity index (χ0v) is 16.9. The minimum absolute atomic E-state index is 0.0500. The van der Waals surface area contributed by atoms with Crippen molar-refractivity contribution in [2.45, 2.75) is 25.8 Å². The molecule has 0 saturated carbocycles. The van der Waals surface area contributed by atoms with E-state index in [2.05, 4.69) is 12.1 Å². The van der Waals surface area contributed by atoms with Crippen LogP contribution in [0.3, 0.4) is 0 Å². The number of amides is 1. The highest BCUT2D eigenvalue weighted by molar-refractivity contribution is 7.17. The Hall–Kier alpha value is -2.43. The standard InChI is InChI=1S/C23H19ClN2OS/c24-17-11-9-16(10-12-17)22-21-18-7-4-8-19(18)28-23(21)26(20(27)13-25-22)14-15-5-2-1-3-6-15/h1-3,5-6,9-12H,4,7-8,13-14H2. The van der Waals surface area contributed by atoms with Crippen molar-refractivity contribution in [3.63, 3.8) is 0 Å². The van der Waals surface area contributed by atoms with Gasteiger partial charge in [0.2, 0.25) is 5.91 Å². The normalized spacial score (nSPS) is 15.8. The molecule has 0 radical (unpaired) electrons. The van der Waals surface area contributed by atoms with E-state index in [9.17, 15) is 4.79 Å². The number of rotatable bonds is 3. The highest BCUT2D eigenvalue weighted by atomic mass is 35.5. The Morgan fingerprint density at radius 3 is 2.61 bits per heavy atom. The van der Waals surface area contributed by atoms with Crippen molar-refractivity contribution in [3.8, 4) is 0 Å². The topological polar surface area (TPSA) is 32.7 Å². The van der Waals surface area contributed by atoms with E-state index in [0.29, 0.717) is 11.6 Å². The van der Waals surface area contributed by atoms with Crippen LogP contribution in [0.5, 0.6) is 0 Å². The molecule has 3 aromatic rings. The van der Waals surface area contributed by atoms with Crippen LogP contribution >= 0.6 is 22.9 Å². The van der Waals surface area contributed by atoms with Crippen LogP contribution in [0.25, 0.3) is 0 Å². The third-order valence-electron chi connectivity index (χ3n) is 5.36. The fraction of sp³-hybridized carbons (Fsp3) is 0.217. The molecular weight excluding hydrogens is 388 g/mol. The molecule has 0 bridgehead atoms. The average Bonchev–Trinajstić information content (AvgIpc) is 3.27. The average molecular weight is 407 g/mol. The van der Waals surface area contributed by atoms with Gasteiger partial charge in [-0.25, -0.2) is 0 Å². The van der Waals surface area contributed by atoms with Crippen molar-refractivity contribution < 1.29 is 4.79 Å². The molecule has 0 N–H and O–H groups in total. The summed E-state index contributed by atoms with van der Waals surface area (Å²) in [5.74, 6) is 0.0500. The van der Waals surface area contributed by atoms with E-state index in [1.807, 2.05) is 47.4 Å². The predicted molar refractivity (Wildman–Crippen MR) is 116 cm³/mol. The number of halogens is 1. The van der Waals surface area contributed by atoms with E-state index >= 15 is 0 Å². The Balaban J connectivity index is 1.64. The Kier molecular flexibility index (Phi) is 4.53. The van der Waals surface area contributed by atoms with Gasteiger partial charge < -0.3 is 0 Å². The van der Waals surface area contributed by atoms with Crippen molar-refractivity contribution in [1.82, 2.24) is 0 Å². The number of benzene rings is 2. The van der Waals surface area contributed by atoms with Crippen molar-refractivity contribution in [2.75, 3.05) is 11.4 Å². The smallest absolute Gasteiger partial charge is 0.249 e. The monoisotopic (exact) mass is 406 g/mol. The van der Waals surface area contributed by atoms with Crippen LogP contribution in [-0.4, -0.2) is 18.2 Å². The third-order valence-corrected chi connectivity index (χ3v) is 6.93. The molecule has 1 amide bonds. The lowest BCUT2D eigenvalue weighted by molar-refractivity contribution is -0.117. The molecule has 0 spiro atoms. The molecular formula is C23H19ClN2OS. The number of carbonyl (C=O) groups is 1. The molecule has 2 aromatic carbocycles. The van der Waals surface area contributed by atoms with Crippen LogP contribution in [0.1, 0.15) is 33.6 Å². The van der Waals surface area contributed by atoms with Crippen molar-refractivity contribution in [1.29, 1.82) is 0 Å². The SMILES string of the molecule is O=C1CN=C(c2ccc(Cl)cc2)c2c(sc3c2CCC3)N1Cc1ccccc1. The molecule has 1 aliphatic heterocycles. The summed E-state index contributed by atoms with van der Waals surface area (Å²) in [4.78, 5) is 21.2. The van der Waals surface area contributed by atoms with Gasteiger partial charge in [0.15, 0.2) is 0 Å². The van der Waals surface area contributed by atoms with Crippen LogP contribution in [0, 0.1) is 0 Å². The van der Waals surface area contributed by atoms with Gasteiger partial charge in [-0.2, -0.15) is 0 Å². The second kappa shape index (κ2) is 7.19. The summed E-state index contributed by atoms with van der Waals surface area (Å²) in [6.07, 6.45) is 3.32. The largest absolute Gasteiger partial charge is 0.297 e. The number of hydrogen-bond acceptors (Lipinski definition) is 3. The molecule has 0 unspecified atom stereocenters. The Morgan fingerprint density at radius 1 is 1.04 bits per heavy atom. The van der Waals surface area contributed by atoms with Gasteiger partial charge in [-0.1, -0.05) is 54.1 Å². The van der Waals surface area contributed by atoms with Gasteiger partial charge in [0, 0.05) is 21.0 Å². The summed E-state index contributed by atoms with van der Waals surface area (Å²) in [5, 5.41) is 1.75. The van der Waals surface area contributed by atoms with Crippen LogP contribution in [0.4, 0.5) is 5.00 Å². The minimum atomic E-state index is 0.0500. The van der Waals surface area contributed by atoms with E-state index in [1.165, 1.54) is 16.9 Å². The maximum Gasteiger partial charge on any atom is 0.249 e. The number of hydrogen-bond donors (Lipinski definition) is 0. The van der Waals surface area contributed by atoms with E-state index < -0.39 is 0 Å². The van der Waals surface area contributed by atoms with Crippen molar-refractivity contribution in [2.24, 2.45) is 4.99 Å². The van der Waals surface area contributed by atoms with Crippen molar-refractivity contribution >= 4 is 39.6 Å². The van der Waals surface area contributed by atoms with Crippen LogP contribution in [-0.2, 0) is 24.2 Å². The zero-order valence-electron chi connectivity index (χ0n) is 15.3. The molecule has 1 aliphatic carbocycles. The quantitative estimate of drug-likeness (QED) is 0.582. The highest BCUT2D eigenvalue weighted by Gasteiger charge is 2.33. The van der Waals surface area contributed by atoms with E-state index in [-0.39, 0.29) is 12.5 Å². The molecule has 0 saturated heterocycles. The Morgan fingerprint density at radius 2 is 1.82 bits per heavy atom. The minimum Gasteiger partial charge on any atom is -0.297 e. The van der Waals surface area contributed by atoms with Gasteiger partial charge in [0.1, 0.15) is 11.5 Å². The molecule has 140 valence electrons. The molecule has 2 heterocycles. The lowest BCUT2D eigenvalue weighted by Gasteiger charge is -2.21. The number of aliphatic imine (C=N–C) groups is 1. The molecule has 5 rings (SSSR count). The molecule has 2 aliphatic rings. The molecule has 3 nitrogen and oxygen atoms in total. The van der Waals surface area contributed by atoms with Crippen LogP contribution in [0.2, 0.25) is 5.02 Å². The maximum atomic E-state index is 13.0. The van der Waals surface area contributed by atoms with Gasteiger partial charge in [-0.05, 0) is 42.5 Å². The summed E-state index contributed by atoms with van der Waals surface area (Å²) < 4.78 is 0. The summed E-state index contributed by atoms with van der Waals surface area (Å²) >= 11 is 7.86. The first kappa shape index (κ1) is 17.7. The van der Waals surface area contributed by atoms with Crippen LogP contribution in [0.15, 0.2) is 59.6 Å².